The lowest BCUT2D eigenvalue weighted by Crippen LogP contribution is -1.98. The fraction of sp³-hybridized carbons (Fsp3) is 0.400. The number of halogens is 2. The number of hydrogen-bond donors (Lipinski definition) is 0. The van der Waals surface area contributed by atoms with Crippen LogP contribution in [0.4, 0.5) is 0 Å². The SMILES string of the molecule is Cc1ccc(-n2nc3c(c2Cl)CCCCC3)cc1Cl. The highest BCUT2D eigenvalue weighted by molar-refractivity contribution is 6.32. The lowest BCUT2D eigenvalue weighted by molar-refractivity contribution is 0.694. The summed E-state index contributed by atoms with van der Waals surface area (Å²) in [6.07, 6.45) is 5.74. The van der Waals surface area contributed by atoms with Crippen molar-refractivity contribution in [2.24, 2.45) is 0 Å². The Kier molecular flexibility index (Phi) is 3.55. The smallest absolute Gasteiger partial charge is 0.136 e. The maximum atomic E-state index is 6.50. The van der Waals surface area contributed by atoms with Crippen LogP contribution in [0.5, 0.6) is 0 Å². The molecule has 1 aliphatic carbocycles. The molecule has 3 rings (SSSR count). The van der Waals surface area contributed by atoms with Gasteiger partial charge in [-0.25, -0.2) is 4.68 Å². The van der Waals surface area contributed by atoms with E-state index in [-0.39, 0.29) is 0 Å². The molecule has 0 saturated carbocycles. The number of benzene rings is 1. The van der Waals surface area contributed by atoms with Crippen molar-refractivity contribution in [3.63, 3.8) is 0 Å². The molecule has 19 heavy (non-hydrogen) atoms. The zero-order valence-corrected chi connectivity index (χ0v) is 12.4. The largest absolute Gasteiger partial charge is 0.222 e. The van der Waals surface area contributed by atoms with E-state index in [0.29, 0.717) is 0 Å². The highest BCUT2D eigenvalue weighted by Gasteiger charge is 2.19. The van der Waals surface area contributed by atoms with Crippen molar-refractivity contribution in [2.75, 3.05) is 0 Å². The Morgan fingerprint density at radius 1 is 1.11 bits per heavy atom. The van der Waals surface area contributed by atoms with Crippen molar-refractivity contribution in [1.82, 2.24) is 9.78 Å². The third kappa shape index (κ3) is 2.39. The van der Waals surface area contributed by atoms with Crippen LogP contribution in [0.15, 0.2) is 18.2 Å². The van der Waals surface area contributed by atoms with Crippen LogP contribution in [0.25, 0.3) is 5.69 Å². The zero-order valence-electron chi connectivity index (χ0n) is 10.9. The van der Waals surface area contributed by atoms with E-state index in [4.69, 9.17) is 23.2 Å². The zero-order chi connectivity index (χ0) is 13.4. The van der Waals surface area contributed by atoms with Gasteiger partial charge in [-0.2, -0.15) is 5.10 Å². The van der Waals surface area contributed by atoms with Gasteiger partial charge in [0.15, 0.2) is 0 Å². The van der Waals surface area contributed by atoms with Gasteiger partial charge < -0.3 is 0 Å². The summed E-state index contributed by atoms with van der Waals surface area (Å²) in [6.45, 7) is 1.99. The average Bonchev–Trinajstić information content (AvgIpc) is 2.59. The summed E-state index contributed by atoms with van der Waals surface area (Å²) in [5, 5.41) is 6.17. The number of rotatable bonds is 1. The Bertz CT molecular complexity index is 617. The van der Waals surface area contributed by atoms with E-state index < -0.39 is 0 Å². The number of aryl methyl sites for hydroxylation is 2. The van der Waals surface area contributed by atoms with Gasteiger partial charge in [-0.3, -0.25) is 0 Å². The molecule has 1 aromatic heterocycles. The van der Waals surface area contributed by atoms with E-state index in [1.54, 1.807) is 0 Å². The second-order valence-electron chi connectivity index (χ2n) is 5.12. The number of nitrogens with zero attached hydrogens (tertiary/aromatic N) is 2. The predicted molar refractivity (Wildman–Crippen MR) is 79.6 cm³/mol. The molecule has 0 N–H and O–H groups in total. The van der Waals surface area contributed by atoms with Crippen LogP contribution in [0.1, 0.15) is 36.1 Å². The van der Waals surface area contributed by atoms with E-state index >= 15 is 0 Å². The van der Waals surface area contributed by atoms with Crippen molar-refractivity contribution in [2.45, 2.75) is 39.0 Å². The van der Waals surface area contributed by atoms with Crippen LogP contribution < -0.4 is 0 Å². The highest BCUT2D eigenvalue weighted by atomic mass is 35.5. The third-order valence-electron chi connectivity index (χ3n) is 3.74. The van der Waals surface area contributed by atoms with Gasteiger partial charge in [0.2, 0.25) is 0 Å². The first kappa shape index (κ1) is 13.0. The maximum absolute atomic E-state index is 6.50. The maximum Gasteiger partial charge on any atom is 0.136 e. The molecule has 0 spiro atoms. The Labute approximate surface area is 123 Å². The molecule has 0 aliphatic heterocycles. The minimum atomic E-state index is 0.747. The van der Waals surface area contributed by atoms with Crippen LogP contribution in [-0.4, -0.2) is 9.78 Å². The van der Waals surface area contributed by atoms with E-state index in [1.807, 2.05) is 29.8 Å². The van der Waals surface area contributed by atoms with Crippen LogP contribution in [0.2, 0.25) is 10.2 Å². The quantitative estimate of drug-likeness (QED) is 0.694. The molecule has 1 aromatic carbocycles. The molecule has 0 unspecified atom stereocenters. The van der Waals surface area contributed by atoms with Gasteiger partial charge >= 0.3 is 0 Å². The Balaban J connectivity index is 2.08. The van der Waals surface area contributed by atoms with Crippen LogP contribution in [0.3, 0.4) is 0 Å². The summed E-state index contributed by atoms with van der Waals surface area (Å²) in [5.41, 5.74) is 4.37. The summed E-state index contributed by atoms with van der Waals surface area (Å²) in [7, 11) is 0. The molecule has 0 saturated heterocycles. The first-order valence-corrected chi connectivity index (χ1v) is 7.45. The molecule has 0 bridgehead atoms. The second-order valence-corrected chi connectivity index (χ2v) is 5.89. The first-order chi connectivity index (χ1) is 9.16. The lowest BCUT2D eigenvalue weighted by Gasteiger charge is -2.06. The van der Waals surface area contributed by atoms with Crippen molar-refractivity contribution >= 4 is 23.2 Å². The summed E-state index contributed by atoms with van der Waals surface area (Å²) >= 11 is 12.7. The molecule has 100 valence electrons. The lowest BCUT2D eigenvalue weighted by atomic mass is 10.1. The third-order valence-corrected chi connectivity index (χ3v) is 4.54. The highest BCUT2D eigenvalue weighted by Crippen LogP contribution is 2.30. The molecule has 1 aliphatic rings. The standard InChI is InChI=1S/C15H16Cl2N2/c1-10-7-8-11(9-13(10)16)19-15(17)12-5-3-2-4-6-14(12)18-19/h7-9H,2-6H2,1H3. The molecule has 0 fully saturated rings. The average molecular weight is 295 g/mol. The Morgan fingerprint density at radius 3 is 2.68 bits per heavy atom. The molecule has 4 heteroatoms. The van der Waals surface area contributed by atoms with Gasteiger partial charge in [0.05, 0.1) is 11.4 Å². The summed E-state index contributed by atoms with van der Waals surface area (Å²) in [6, 6.07) is 5.94. The summed E-state index contributed by atoms with van der Waals surface area (Å²) < 4.78 is 1.82. The summed E-state index contributed by atoms with van der Waals surface area (Å²) in [5.74, 6) is 0. The van der Waals surface area contributed by atoms with Crippen LogP contribution >= 0.6 is 23.2 Å². The van der Waals surface area contributed by atoms with Gasteiger partial charge in [0.25, 0.3) is 0 Å². The molecular formula is C15H16Cl2N2. The van der Waals surface area contributed by atoms with Gasteiger partial charge in [-0.05, 0) is 50.3 Å². The van der Waals surface area contributed by atoms with E-state index in [0.717, 1.165) is 40.0 Å². The molecule has 2 nitrogen and oxygen atoms in total. The van der Waals surface area contributed by atoms with Gasteiger partial charge in [-0.1, -0.05) is 35.7 Å². The molecular weight excluding hydrogens is 279 g/mol. The van der Waals surface area contributed by atoms with Gasteiger partial charge in [0.1, 0.15) is 5.15 Å². The number of fused-ring (bicyclic) bond motifs is 1. The molecule has 1 heterocycles. The van der Waals surface area contributed by atoms with Crippen LogP contribution in [0, 0.1) is 6.92 Å². The van der Waals surface area contributed by atoms with Crippen molar-refractivity contribution in [3.05, 3.63) is 45.2 Å². The Hall–Kier alpha value is -0.990. The van der Waals surface area contributed by atoms with Crippen LogP contribution in [-0.2, 0) is 12.8 Å². The van der Waals surface area contributed by atoms with E-state index in [2.05, 4.69) is 5.10 Å². The normalized spacial score (nSPS) is 15.1. The topological polar surface area (TPSA) is 17.8 Å². The monoisotopic (exact) mass is 294 g/mol. The minimum Gasteiger partial charge on any atom is -0.222 e. The fourth-order valence-electron chi connectivity index (χ4n) is 2.58. The first-order valence-electron chi connectivity index (χ1n) is 6.69. The number of hydrogen-bond acceptors (Lipinski definition) is 1. The van der Waals surface area contributed by atoms with Crippen molar-refractivity contribution < 1.29 is 0 Å². The van der Waals surface area contributed by atoms with Gasteiger partial charge in [-0.15, -0.1) is 0 Å². The van der Waals surface area contributed by atoms with Gasteiger partial charge in [0, 0.05) is 10.6 Å². The fourth-order valence-corrected chi connectivity index (χ4v) is 3.09. The predicted octanol–water partition coefficient (Wildman–Crippen LogP) is 4.76. The van der Waals surface area contributed by atoms with Crippen molar-refractivity contribution in [1.29, 1.82) is 0 Å². The molecule has 0 radical (unpaired) electrons. The number of aromatic nitrogens is 2. The summed E-state index contributed by atoms with van der Waals surface area (Å²) in [4.78, 5) is 0. The Morgan fingerprint density at radius 2 is 1.89 bits per heavy atom. The second kappa shape index (κ2) is 5.18. The minimum absolute atomic E-state index is 0.747. The molecule has 0 amide bonds. The van der Waals surface area contributed by atoms with E-state index in [9.17, 15) is 0 Å². The van der Waals surface area contributed by atoms with Crippen molar-refractivity contribution in [3.8, 4) is 5.69 Å². The molecule has 2 aromatic rings. The molecule has 0 atom stereocenters. The van der Waals surface area contributed by atoms with E-state index in [1.165, 1.54) is 24.8 Å².